The molecule has 0 aromatic carbocycles. The van der Waals surface area contributed by atoms with E-state index in [2.05, 4.69) is 7.49 Å². The van der Waals surface area contributed by atoms with Crippen molar-refractivity contribution in [1.29, 1.82) is 0 Å². The third-order valence-electron chi connectivity index (χ3n) is 1.84. The Labute approximate surface area is 80.1 Å². The first-order valence-corrected chi connectivity index (χ1v) is 4.58. The minimum atomic E-state index is -0.417. The van der Waals surface area contributed by atoms with Gasteiger partial charge in [0.05, 0.1) is 0 Å². The first-order chi connectivity index (χ1) is 5.90. The molecule has 0 saturated carbocycles. The quantitative estimate of drug-likeness (QED) is 0.522. The van der Waals surface area contributed by atoms with Gasteiger partial charge in [-0.15, -0.1) is 0 Å². The van der Waals surface area contributed by atoms with E-state index >= 15 is 0 Å². The average molecular weight is 181 g/mol. The molecule has 1 aliphatic rings. The van der Waals surface area contributed by atoms with Crippen LogP contribution in [-0.4, -0.2) is 36.2 Å². The number of likely N-dealkylation sites (tertiary alicyclic amines) is 1. The number of amides is 1. The van der Waals surface area contributed by atoms with Gasteiger partial charge in [-0.1, -0.05) is 0 Å². The van der Waals surface area contributed by atoms with Gasteiger partial charge in [-0.3, -0.25) is 0 Å². The minimum absolute atomic E-state index is 0.269. The van der Waals surface area contributed by atoms with Crippen LogP contribution in [0.3, 0.4) is 0 Å². The Balaban J connectivity index is 2.53. The Morgan fingerprint density at radius 1 is 1.54 bits per heavy atom. The average Bonchev–Trinajstić information content (AvgIpc) is 2.30. The molecule has 3 nitrogen and oxygen atoms in total. The summed E-state index contributed by atoms with van der Waals surface area (Å²) in [5.74, 6) is 0. The van der Waals surface area contributed by atoms with Crippen molar-refractivity contribution < 1.29 is 9.53 Å². The van der Waals surface area contributed by atoms with Gasteiger partial charge in [0.15, 0.2) is 0 Å². The van der Waals surface area contributed by atoms with Gasteiger partial charge in [-0.2, -0.15) is 0 Å². The van der Waals surface area contributed by atoms with Gasteiger partial charge in [0.25, 0.3) is 0 Å². The van der Waals surface area contributed by atoms with Crippen LogP contribution in [0.15, 0.2) is 0 Å². The molecule has 0 radical (unpaired) electrons. The molecule has 4 heteroatoms. The molecule has 1 rings (SSSR count). The van der Waals surface area contributed by atoms with Gasteiger partial charge < -0.3 is 0 Å². The maximum atomic E-state index is 11.5. The van der Waals surface area contributed by atoms with Crippen molar-refractivity contribution >= 4 is 19.2 Å². The van der Waals surface area contributed by atoms with E-state index in [-0.39, 0.29) is 6.09 Å². The maximum absolute atomic E-state index is 11.5. The SMILES string of the molecule is B=C1CCCN1C(=O)OC(C)(C)C. The fourth-order valence-corrected chi connectivity index (χ4v) is 1.27. The van der Waals surface area contributed by atoms with Gasteiger partial charge in [0, 0.05) is 0 Å². The van der Waals surface area contributed by atoms with E-state index in [9.17, 15) is 4.79 Å². The molecular formula is C9H16BNO2. The third-order valence-corrected chi connectivity index (χ3v) is 1.84. The second-order valence-corrected chi connectivity index (χ2v) is 4.30. The molecule has 1 fully saturated rings. The number of carbonyl (C=O) groups excluding carboxylic acids is 1. The zero-order chi connectivity index (χ0) is 10.1. The van der Waals surface area contributed by atoms with Gasteiger partial charge in [0.2, 0.25) is 0 Å². The van der Waals surface area contributed by atoms with Crippen molar-refractivity contribution in [2.45, 2.75) is 39.2 Å². The zero-order valence-corrected chi connectivity index (χ0v) is 8.59. The molecule has 0 unspecified atom stereocenters. The number of ether oxygens (including phenoxy) is 1. The van der Waals surface area contributed by atoms with Crippen molar-refractivity contribution in [3.05, 3.63) is 0 Å². The van der Waals surface area contributed by atoms with Crippen molar-refractivity contribution in [3.8, 4) is 0 Å². The Bertz CT molecular complexity index is 232. The Hall–Kier alpha value is -0.795. The first-order valence-electron chi connectivity index (χ1n) is 4.58. The summed E-state index contributed by atoms with van der Waals surface area (Å²) in [6.45, 7) is 6.34. The second-order valence-electron chi connectivity index (χ2n) is 4.30. The normalized spacial score (nSPS) is 17.7. The van der Waals surface area contributed by atoms with Gasteiger partial charge in [-0.25, -0.2) is 0 Å². The van der Waals surface area contributed by atoms with Crippen molar-refractivity contribution in [3.63, 3.8) is 0 Å². The summed E-state index contributed by atoms with van der Waals surface area (Å²) >= 11 is 0. The molecule has 0 aliphatic carbocycles. The van der Waals surface area contributed by atoms with Crippen LogP contribution < -0.4 is 0 Å². The molecule has 1 amide bonds. The molecule has 0 atom stereocenters. The fourth-order valence-electron chi connectivity index (χ4n) is 1.27. The van der Waals surface area contributed by atoms with E-state index in [0.717, 1.165) is 25.0 Å². The summed E-state index contributed by atoms with van der Waals surface area (Å²) in [4.78, 5) is 13.1. The van der Waals surface area contributed by atoms with Crippen molar-refractivity contribution in [2.75, 3.05) is 6.54 Å². The van der Waals surface area contributed by atoms with Crippen LogP contribution >= 0.6 is 0 Å². The zero-order valence-electron chi connectivity index (χ0n) is 8.59. The van der Waals surface area contributed by atoms with E-state index in [0.29, 0.717) is 0 Å². The molecule has 1 aliphatic heterocycles. The molecule has 0 N–H and O–H groups in total. The summed E-state index contributed by atoms with van der Waals surface area (Å²) in [5, 5.41) is 0. The second kappa shape index (κ2) is 3.52. The van der Waals surface area contributed by atoms with E-state index in [1.165, 1.54) is 0 Å². The molecule has 1 saturated heterocycles. The van der Waals surface area contributed by atoms with Crippen LogP contribution in [0, 0.1) is 0 Å². The Morgan fingerprint density at radius 3 is 2.54 bits per heavy atom. The third kappa shape index (κ3) is 2.86. The number of rotatable bonds is 0. The molecule has 0 aromatic rings. The summed E-state index contributed by atoms with van der Waals surface area (Å²) in [6, 6.07) is 0. The van der Waals surface area contributed by atoms with E-state index in [1.807, 2.05) is 20.8 Å². The molecule has 0 spiro atoms. The number of carbonyl (C=O) groups is 1. The topological polar surface area (TPSA) is 29.5 Å². The van der Waals surface area contributed by atoms with Crippen LogP contribution in [0.25, 0.3) is 0 Å². The van der Waals surface area contributed by atoms with Crippen LogP contribution in [0.2, 0.25) is 0 Å². The number of hydrogen-bond donors (Lipinski definition) is 0. The standard InChI is InChI=1S/C9H16BNO2/c1-9(2,3)13-8(12)11-6-4-5-7(11)10/h10H,4-6H2,1-3H3. The predicted octanol–water partition coefficient (Wildman–Crippen LogP) is 1.05. The number of hydrogen-bond acceptors (Lipinski definition) is 2. The molecule has 13 heavy (non-hydrogen) atoms. The Kier molecular flexibility index (Phi) is 2.79. The summed E-state index contributed by atoms with van der Waals surface area (Å²) < 4.78 is 5.22. The summed E-state index contributed by atoms with van der Waals surface area (Å²) in [6.07, 6.45) is 1.63. The van der Waals surface area contributed by atoms with Crippen LogP contribution in [0.5, 0.6) is 0 Å². The molecule has 0 bridgehead atoms. The first kappa shape index (κ1) is 10.3. The van der Waals surface area contributed by atoms with Crippen LogP contribution in [-0.2, 0) is 4.74 Å². The Morgan fingerprint density at radius 2 is 2.15 bits per heavy atom. The molecule has 72 valence electrons. The van der Waals surface area contributed by atoms with Gasteiger partial charge in [0.1, 0.15) is 0 Å². The van der Waals surface area contributed by atoms with Crippen molar-refractivity contribution in [1.82, 2.24) is 4.90 Å². The van der Waals surface area contributed by atoms with E-state index < -0.39 is 5.60 Å². The summed E-state index contributed by atoms with van der Waals surface area (Å²) in [7, 11) is 3.81. The summed E-state index contributed by atoms with van der Waals surface area (Å²) in [5.41, 5.74) is 0.453. The number of nitrogens with zero attached hydrogens (tertiary/aromatic N) is 1. The van der Waals surface area contributed by atoms with E-state index in [4.69, 9.17) is 4.74 Å². The molecule has 0 aromatic heterocycles. The molecule has 1 heterocycles. The van der Waals surface area contributed by atoms with Gasteiger partial charge in [-0.05, 0) is 0 Å². The monoisotopic (exact) mass is 181 g/mol. The van der Waals surface area contributed by atoms with Gasteiger partial charge >= 0.3 is 79.4 Å². The molecular weight excluding hydrogens is 165 g/mol. The fraction of sp³-hybridized carbons (Fsp3) is 0.778. The van der Waals surface area contributed by atoms with Crippen LogP contribution in [0.1, 0.15) is 33.6 Å². The van der Waals surface area contributed by atoms with Crippen molar-refractivity contribution in [2.24, 2.45) is 0 Å². The van der Waals surface area contributed by atoms with Crippen LogP contribution in [0.4, 0.5) is 4.79 Å². The van der Waals surface area contributed by atoms with E-state index in [1.54, 1.807) is 4.90 Å². The predicted molar refractivity (Wildman–Crippen MR) is 54.3 cm³/mol.